The first kappa shape index (κ1) is 21.2. The number of hydrogen-bond acceptors (Lipinski definition) is 6. The van der Waals surface area contributed by atoms with Crippen LogP contribution in [0.4, 0.5) is 0 Å². The van der Waals surface area contributed by atoms with Gasteiger partial charge in [-0.05, 0) is 61.4 Å². The van der Waals surface area contributed by atoms with E-state index in [2.05, 4.69) is 42.0 Å². The van der Waals surface area contributed by atoms with Crippen LogP contribution in [0.25, 0.3) is 11.3 Å². The lowest BCUT2D eigenvalue weighted by Gasteiger charge is -2.13. The van der Waals surface area contributed by atoms with Gasteiger partial charge in [-0.1, -0.05) is 23.8 Å². The van der Waals surface area contributed by atoms with Gasteiger partial charge in [0.05, 0.1) is 13.3 Å². The second-order valence-electron chi connectivity index (χ2n) is 7.41. The van der Waals surface area contributed by atoms with Crippen molar-refractivity contribution >= 4 is 0 Å². The van der Waals surface area contributed by atoms with E-state index in [0.29, 0.717) is 35.1 Å². The van der Waals surface area contributed by atoms with Crippen molar-refractivity contribution in [2.24, 2.45) is 0 Å². The molecule has 0 saturated heterocycles. The molecule has 0 unspecified atom stereocenters. The van der Waals surface area contributed by atoms with E-state index in [0.717, 1.165) is 16.9 Å². The van der Waals surface area contributed by atoms with Crippen molar-refractivity contribution in [1.82, 2.24) is 9.97 Å². The molecule has 6 heteroatoms. The molecule has 0 aliphatic carbocycles. The standard InChI is InChI=1S/C26H24N2O4/c1-17-4-5-18(2)19(12-17)15-31-22-10-11-23(24(29)13-22)26-25(14-27-16-28-26)32-21-8-6-20(30-3)7-9-21/h4-14,16,29H,15H2,1-3H3. The molecule has 1 aromatic heterocycles. The van der Waals surface area contributed by atoms with Crippen LogP contribution in [0.3, 0.4) is 0 Å². The summed E-state index contributed by atoms with van der Waals surface area (Å²) in [4.78, 5) is 8.38. The van der Waals surface area contributed by atoms with Crippen LogP contribution < -0.4 is 14.2 Å². The Morgan fingerprint density at radius 3 is 2.38 bits per heavy atom. The first-order chi connectivity index (χ1) is 15.5. The summed E-state index contributed by atoms with van der Waals surface area (Å²) in [5.41, 5.74) is 4.46. The molecule has 0 radical (unpaired) electrons. The third kappa shape index (κ3) is 4.81. The first-order valence-corrected chi connectivity index (χ1v) is 10.2. The first-order valence-electron chi connectivity index (χ1n) is 10.2. The van der Waals surface area contributed by atoms with Crippen molar-refractivity contribution in [2.75, 3.05) is 7.11 Å². The SMILES string of the molecule is COc1ccc(Oc2cncnc2-c2ccc(OCc3cc(C)ccc3C)cc2O)cc1. The van der Waals surface area contributed by atoms with Crippen LogP contribution in [0, 0.1) is 13.8 Å². The number of rotatable bonds is 7. The molecule has 162 valence electrons. The summed E-state index contributed by atoms with van der Waals surface area (Å²) in [6, 6.07) is 18.6. The van der Waals surface area contributed by atoms with Crippen LogP contribution in [-0.4, -0.2) is 22.2 Å². The average molecular weight is 428 g/mol. The van der Waals surface area contributed by atoms with E-state index in [9.17, 15) is 5.11 Å². The third-order valence-electron chi connectivity index (χ3n) is 5.09. The second-order valence-corrected chi connectivity index (χ2v) is 7.41. The van der Waals surface area contributed by atoms with Crippen molar-refractivity contribution in [1.29, 1.82) is 0 Å². The van der Waals surface area contributed by atoms with Crippen LogP contribution >= 0.6 is 0 Å². The number of methoxy groups -OCH3 is 1. The molecule has 0 aliphatic rings. The molecule has 1 heterocycles. The van der Waals surface area contributed by atoms with E-state index in [-0.39, 0.29) is 5.75 Å². The summed E-state index contributed by atoms with van der Waals surface area (Å²) in [6.45, 7) is 4.53. The lowest BCUT2D eigenvalue weighted by atomic mass is 10.1. The molecule has 0 atom stereocenters. The summed E-state index contributed by atoms with van der Waals surface area (Å²) in [6.07, 6.45) is 2.98. The van der Waals surface area contributed by atoms with Gasteiger partial charge in [0.25, 0.3) is 0 Å². The Morgan fingerprint density at radius 2 is 1.62 bits per heavy atom. The molecule has 32 heavy (non-hydrogen) atoms. The fourth-order valence-electron chi connectivity index (χ4n) is 3.28. The molecule has 0 amide bonds. The summed E-state index contributed by atoms with van der Waals surface area (Å²) in [5, 5.41) is 10.7. The molecule has 6 nitrogen and oxygen atoms in total. The highest BCUT2D eigenvalue weighted by Crippen LogP contribution is 2.38. The zero-order chi connectivity index (χ0) is 22.5. The van der Waals surface area contributed by atoms with E-state index < -0.39 is 0 Å². The van der Waals surface area contributed by atoms with E-state index in [1.807, 2.05) is 0 Å². The predicted molar refractivity (Wildman–Crippen MR) is 122 cm³/mol. The number of aromatic nitrogens is 2. The predicted octanol–water partition coefficient (Wildman–Crippen LogP) is 5.85. The largest absolute Gasteiger partial charge is 0.507 e. The maximum Gasteiger partial charge on any atom is 0.172 e. The summed E-state index contributed by atoms with van der Waals surface area (Å²) < 4.78 is 17.0. The van der Waals surface area contributed by atoms with Crippen LogP contribution in [-0.2, 0) is 6.61 Å². The zero-order valence-electron chi connectivity index (χ0n) is 18.2. The molecule has 0 bridgehead atoms. The number of phenols is 1. The van der Waals surface area contributed by atoms with Crippen LogP contribution in [0.15, 0.2) is 73.2 Å². The Bertz CT molecular complexity index is 1220. The van der Waals surface area contributed by atoms with Gasteiger partial charge in [0.2, 0.25) is 0 Å². The van der Waals surface area contributed by atoms with Gasteiger partial charge in [-0.15, -0.1) is 0 Å². The number of aromatic hydroxyl groups is 1. The Balaban J connectivity index is 1.54. The minimum Gasteiger partial charge on any atom is -0.507 e. The number of ether oxygens (including phenoxy) is 3. The second kappa shape index (κ2) is 9.39. The van der Waals surface area contributed by atoms with Crippen LogP contribution in [0.5, 0.6) is 28.7 Å². The number of benzene rings is 3. The van der Waals surface area contributed by atoms with E-state index in [4.69, 9.17) is 14.2 Å². The van der Waals surface area contributed by atoms with Gasteiger partial charge < -0.3 is 19.3 Å². The Hall–Kier alpha value is -4.06. The van der Waals surface area contributed by atoms with Crippen molar-refractivity contribution in [3.8, 4) is 40.0 Å². The molecule has 0 spiro atoms. The number of aryl methyl sites for hydroxylation is 2. The topological polar surface area (TPSA) is 73.7 Å². The maximum atomic E-state index is 10.7. The normalized spacial score (nSPS) is 10.6. The van der Waals surface area contributed by atoms with Crippen molar-refractivity contribution in [3.05, 3.63) is 89.9 Å². The lowest BCUT2D eigenvalue weighted by Crippen LogP contribution is -1.99. The minimum atomic E-state index is 0.0433. The molecule has 0 aliphatic heterocycles. The monoisotopic (exact) mass is 428 g/mol. The third-order valence-corrected chi connectivity index (χ3v) is 5.09. The molecule has 4 rings (SSSR count). The van der Waals surface area contributed by atoms with Gasteiger partial charge in [-0.3, -0.25) is 0 Å². The van der Waals surface area contributed by atoms with Gasteiger partial charge >= 0.3 is 0 Å². The molecule has 4 aromatic rings. The molecule has 1 N–H and O–H groups in total. The maximum absolute atomic E-state index is 10.7. The van der Waals surface area contributed by atoms with Crippen LogP contribution in [0.2, 0.25) is 0 Å². The fourth-order valence-corrected chi connectivity index (χ4v) is 3.28. The van der Waals surface area contributed by atoms with E-state index >= 15 is 0 Å². The number of nitrogens with zero attached hydrogens (tertiary/aromatic N) is 2. The highest BCUT2D eigenvalue weighted by molar-refractivity contribution is 5.72. The summed E-state index contributed by atoms with van der Waals surface area (Å²) in [7, 11) is 1.61. The molecule has 3 aromatic carbocycles. The molecule has 0 saturated carbocycles. The Labute approximate surface area is 187 Å². The van der Waals surface area contributed by atoms with Gasteiger partial charge in [0.1, 0.15) is 41.6 Å². The highest BCUT2D eigenvalue weighted by atomic mass is 16.5. The van der Waals surface area contributed by atoms with E-state index in [1.165, 1.54) is 11.9 Å². The minimum absolute atomic E-state index is 0.0433. The number of hydrogen-bond donors (Lipinski definition) is 1. The average Bonchev–Trinajstić information content (AvgIpc) is 2.81. The molecular formula is C26H24N2O4. The van der Waals surface area contributed by atoms with Gasteiger partial charge in [0.15, 0.2) is 5.75 Å². The van der Waals surface area contributed by atoms with Crippen molar-refractivity contribution in [2.45, 2.75) is 20.5 Å². The molecule has 0 fully saturated rings. The number of phenolic OH excluding ortho intramolecular Hbond substituents is 1. The highest BCUT2D eigenvalue weighted by Gasteiger charge is 2.14. The van der Waals surface area contributed by atoms with Gasteiger partial charge in [-0.25, -0.2) is 9.97 Å². The van der Waals surface area contributed by atoms with Crippen molar-refractivity contribution < 1.29 is 19.3 Å². The van der Waals surface area contributed by atoms with Crippen molar-refractivity contribution in [3.63, 3.8) is 0 Å². The lowest BCUT2D eigenvalue weighted by molar-refractivity contribution is 0.303. The van der Waals surface area contributed by atoms with Gasteiger partial charge in [-0.2, -0.15) is 0 Å². The Morgan fingerprint density at radius 1 is 0.875 bits per heavy atom. The zero-order valence-corrected chi connectivity index (χ0v) is 18.2. The fraction of sp³-hybridized carbons (Fsp3) is 0.154. The Kier molecular flexibility index (Phi) is 6.22. The van der Waals surface area contributed by atoms with Gasteiger partial charge in [0, 0.05) is 11.6 Å². The smallest absolute Gasteiger partial charge is 0.172 e. The summed E-state index contributed by atoms with van der Waals surface area (Å²) >= 11 is 0. The van der Waals surface area contributed by atoms with Crippen LogP contribution in [0.1, 0.15) is 16.7 Å². The van der Waals surface area contributed by atoms with E-state index in [1.54, 1.807) is 55.8 Å². The summed E-state index contributed by atoms with van der Waals surface area (Å²) in [5.74, 6) is 2.38. The quantitative estimate of drug-likeness (QED) is 0.398. The molecular weight excluding hydrogens is 404 g/mol.